The second-order valence-corrected chi connectivity index (χ2v) is 27.5. The molecule has 90 heavy (non-hydrogen) atoms. The highest BCUT2D eigenvalue weighted by molar-refractivity contribution is 6.00. The molecule has 1 aliphatic heterocycles. The maximum absolute atomic E-state index is 15.1. The summed E-state index contributed by atoms with van der Waals surface area (Å²) in [5, 5.41) is 28.0. The third kappa shape index (κ3) is 22.4. The van der Waals surface area contributed by atoms with E-state index in [4.69, 9.17) is 4.74 Å². The van der Waals surface area contributed by atoms with Crippen LogP contribution in [0.2, 0.25) is 0 Å². The molecule has 1 heterocycles. The number of nitrogens with one attached hydrogen (secondary N) is 6. The Bertz CT molecular complexity index is 2470. The first-order valence-corrected chi connectivity index (χ1v) is 32.1. The summed E-state index contributed by atoms with van der Waals surface area (Å²) < 4.78 is 5.45. The number of ether oxygens (including phenoxy) is 1. The van der Waals surface area contributed by atoms with Crippen molar-refractivity contribution >= 4 is 71.1 Å². The lowest BCUT2D eigenvalue weighted by molar-refractivity contribution is -0.154. The molecule has 0 aromatic carbocycles. The van der Waals surface area contributed by atoms with Gasteiger partial charge in [0.2, 0.25) is 65.0 Å². The number of hydrogen-bond acceptors (Lipinski definition) is 14. The van der Waals surface area contributed by atoms with Crippen LogP contribution in [0.15, 0.2) is 0 Å². The summed E-state index contributed by atoms with van der Waals surface area (Å²) >= 11 is 0. The predicted octanol–water partition coefficient (Wildman–Crippen LogP) is 2.88. The largest absolute Gasteiger partial charge is 0.449 e. The fourth-order valence-electron chi connectivity index (χ4n) is 11.3. The van der Waals surface area contributed by atoms with Crippen LogP contribution in [-0.4, -0.2) is 234 Å². The zero-order valence-electron chi connectivity index (χ0n) is 59.0. The third-order valence-electron chi connectivity index (χ3n) is 17.1. The fraction of sp³-hybridized carbons (Fsp3) is 0.812. The number of carbonyl (C=O) groups is 12. The summed E-state index contributed by atoms with van der Waals surface area (Å²) in [7, 11) is 9.67. The standard InChI is InChI=1S/C64H116N12O14/c1-26-28-29-39(13)50(77)48-54(80)68-43(27-2)59(85)71(20)42(16)58(84)76(25)51(64(17,18)33-90-63(89)65-19)56(82)69-47(37(9)10)62(88)72(21)44(30-34(3)4)53(79)66-40(14)52(78)67-41(15)57(83)73(22)45(31-35(5)6)60(86)74(23)46(32-36(7)8)61(87)75(24)49(38(11)12)55(81)70-48/h34-51,77H,26-33H2,1-25H3,(H,65,89)(H,66,79)(H,67,78)(H,68,80)(H,69,82)(H,70,81)/t39-,40+,41-,42-,43+,44+,45+,46+,47+,48+,49+,50-,51-/m1/s1. The number of hydrogen-bond donors (Lipinski definition) is 7. The van der Waals surface area contributed by atoms with Gasteiger partial charge in [-0.2, -0.15) is 0 Å². The lowest BCUT2D eigenvalue weighted by Crippen LogP contribution is -2.64. The van der Waals surface area contributed by atoms with Gasteiger partial charge in [0.05, 0.1) is 6.10 Å². The second-order valence-electron chi connectivity index (χ2n) is 27.5. The molecule has 13 atom stereocenters. The van der Waals surface area contributed by atoms with Gasteiger partial charge >= 0.3 is 6.09 Å². The lowest BCUT2D eigenvalue weighted by atomic mass is 9.83. The average molecular weight is 1280 g/mol. The summed E-state index contributed by atoms with van der Waals surface area (Å²) in [6.07, 6.45) is -0.139. The summed E-state index contributed by atoms with van der Waals surface area (Å²) in [6.45, 7) is 30.1. The van der Waals surface area contributed by atoms with Gasteiger partial charge in [0.25, 0.3) is 0 Å². The molecule has 0 aromatic heterocycles. The summed E-state index contributed by atoms with van der Waals surface area (Å²) in [4.78, 5) is 181. The van der Waals surface area contributed by atoms with Crippen LogP contribution >= 0.6 is 0 Å². The summed E-state index contributed by atoms with van der Waals surface area (Å²) in [5.41, 5.74) is -1.41. The van der Waals surface area contributed by atoms with E-state index in [1.807, 2.05) is 48.5 Å². The number of nitrogens with zero attached hydrogens (tertiary/aromatic N) is 6. The highest BCUT2D eigenvalue weighted by Gasteiger charge is 2.47. The van der Waals surface area contributed by atoms with E-state index >= 15 is 9.59 Å². The molecule has 0 spiro atoms. The number of likely N-dealkylation sites (N-methyl/N-ethyl adjacent to an activating group) is 6. The quantitative estimate of drug-likeness (QED) is 0.110. The number of alkyl carbamates (subject to hydrolysis) is 1. The summed E-state index contributed by atoms with van der Waals surface area (Å²) in [6, 6.07) is -14.6. The third-order valence-corrected chi connectivity index (χ3v) is 17.1. The molecule has 0 radical (unpaired) electrons. The molecule has 26 heteroatoms. The van der Waals surface area contributed by atoms with Crippen LogP contribution in [0.3, 0.4) is 0 Å². The van der Waals surface area contributed by atoms with E-state index in [1.54, 1.807) is 55.4 Å². The number of aliphatic hydroxyl groups is 1. The van der Waals surface area contributed by atoms with Crippen molar-refractivity contribution in [2.24, 2.45) is 40.9 Å². The van der Waals surface area contributed by atoms with Crippen molar-refractivity contribution in [2.45, 2.75) is 242 Å². The molecule has 1 rings (SSSR count). The van der Waals surface area contributed by atoms with Crippen molar-refractivity contribution in [3.8, 4) is 0 Å². The Hall–Kier alpha value is -6.60. The van der Waals surface area contributed by atoms with E-state index in [2.05, 4.69) is 31.9 Å². The molecule has 1 fully saturated rings. The van der Waals surface area contributed by atoms with Crippen LogP contribution < -0.4 is 31.9 Å². The predicted molar refractivity (Wildman–Crippen MR) is 343 cm³/mol. The smallest absolute Gasteiger partial charge is 0.406 e. The highest BCUT2D eigenvalue weighted by Crippen LogP contribution is 2.29. The number of unbranched alkanes of at least 4 members (excludes halogenated alkanes) is 1. The van der Waals surface area contributed by atoms with Gasteiger partial charge in [0.1, 0.15) is 73.1 Å². The molecule has 0 aromatic rings. The van der Waals surface area contributed by atoms with E-state index in [9.17, 15) is 53.1 Å². The number of rotatable bonds is 17. The minimum Gasteiger partial charge on any atom is -0.449 e. The minimum absolute atomic E-state index is 0.0359. The highest BCUT2D eigenvalue weighted by atomic mass is 16.5. The van der Waals surface area contributed by atoms with Crippen LogP contribution in [0.5, 0.6) is 0 Å². The van der Waals surface area contributed by atoms with Gasteiger partial charge in [0.15, 0.2) is 0 Å². The number of amides is 12. The van der Waals surface area contributed by atoms with Gasteiger partial charge < -0.3 is 71.1 Å². The van der Waals surface area contributed by atoms with E-state index < -0.39 is 173 Å². The lowest BCUT2D eigenvalue weighted by Gasteiger charge is -2.42. The van der Waals surface area contributed by atoms with Crippen molar-refractivity contribution in [3.63, 3.8) is 0 Å². The molecule has 7 N–H and O–H groups in total. The maximum atomic E-state index is 15.1. The molecule has 0 aliphatic carbocycles. The second kappa shape index (κ2) is 36.4. The Balaban J connectivity index is 4.44. The van der Waals surface area contributed by atoms with E-state index in [-0.39, 0.29) is 43.4 Å². The van der Waals surface area contributed by atoms with Crippen molar-refractivity contribution in [3.05, 3.63) is 0 Å². The van der Waals surface area contributed by atoms with E-state index in [0.29, 0.717) is 12.8 Å². The Morgan fingerprint density at radius 1 is 0.522 bits per heavy atom. The van der Waals surface area contributed by atoms with Crippen LogP contribution in [0, 0.1) is 40.9 Å². The van der Waals surface area contributed by atoms with Crippen LogP contribution in [0.25, 0.3) is 0 Å². The SMILES string of the molecule is CCCC[C@@H](C)[C@@H](O)[C@@H]1NC(=O)[C@H](C(C)C)N(C)C(=O)[C@H](CC(C)C)N(C)C(=O)[C@H](CC(C)C)N(C)C(=O)[C@@H](C)NC(=O)[C@H](C)NC(=O)[C@H](CC(C)C)N(C)C(=O)[C@H](C(C)C)NC(=O)[C@H](C(C)(C)COC(=O)NC)N(C)C(=O)[C@@H](C)N(C)C(=O)[C@H](CC)NC1=O. The molecular formula is C64H116N12O14. The molecule has 516 valence electrons. The molecule has 12 amide bonds. The van der Waals surface area contributed by atoms with Gasteiger partial charge in [-0.1, -0.05) is 117 Å². The van der Waals surface area contributed by atoms with Gasteiger partial charge in [0, 0.05) is 54.7 Å². The van der Waals surface area contributed by atoms with Gasteiger partial charge in [-0.05, 0) is 88.4 Å². The van der Waals surface area contributed by atoms with Crippen molar-refractivity contribution in [1.29, 1.82) is 0 Å². The zero-order chi connectivity index (χ0) is 69.9. The first kappa shape index (κ1) is 81.4. The Morgan fingerprint density at radius 2 is 0.989 bits per heavy atom. The van der Waals surface area contributed by atoms with Crippen LogP contribution in [-0.2, 0) is 57.5 Å². The monoisotopic (exact) mass is 1280 g/mol. The average Bonchev–Trinajstić information content (AvgIpc) is 0.915. The Labute approximate surface area is 536 Å². The Kier molecular flexibility index (Phi) is 33.0. The van der Waals surface area contributed by atoms with Gasteiger partial charge in [-0.3, -0.25) is 52.7 Å². The van der Waals surface area contributed by atoms with E-state index in [1.165, 1.54) is 89.7 Å². The molecule has 1 aliphatic rings. The number of carbonyl (C=O) groups excluding carboxylic acids is 12. The van der Waals surface area contributed by atoms with Crippen molar-refractivity contribution in [1.82, 2.24) is 61.3 Å². The van der Waals surface area contributed by atoms with Crippen LogP contribution in [0.1, 0.15) is 170 Å². The molecule has 0 unspecified atom stereocenters. The topological polar surface area (TPSA) is 326 Å². The molecule has 0 bridgehead atoms. The molecule has 0 saturated carbocycles. The normalized spacial score (nSPS) is 26.7. The first-order chi connectivity index (χ1) is 41.5. The molecule has 26 nitrogen and oxygen atoms in total. The summed E-state index contributed by atoms with van der Waals surface area (Å²) in [5.74, 6) is -10.6. The first-order valence-electron chi connectivity index (χ1n) is 32.1. The van der Waals surface area contributed by atoms with Gasteiger partial charge in [-0.15, -0.1) is 0 Å². The van der Waals surface area contributed by atoms with Crippen LogP contribution in [0.4, 0.5) is 4.79 Å². The van der Waals surface area contributed by atoms with Crippen molar-refractivity contribution in [2.75, 3.05) is 55.9 Å². The molecular weight excluding hydrogens is 1160 g/mol. The minimum atomic E-state index is -1.68. The maximum Gasteiger partial charge on any atom is 0.406 e. The number of aliphatic hydroxyl groups excluding tert-OH is 1. The Morgan fingerprint density at radius 3 is 1.46 bits per heavy atom. The fourth-order valence-corrected chi connectivity index (χ4v) is 11.3. The molecule has 1 saturated heterocycles. The van der Waals surface area contributed by atoms with E-state index in [0.717, 1.165) is 16.2 Å². The van der Waals surface area contributed by atoms with Crippen molar-refractivity contribution < 1.29 is 67.4 Å². The van der Waals surface area contributed by atoms with Gasteiger partial charge in [-0.25, -0.2) is 4.79 Å². The zero-order valence-corrected chi connectivity index (χ0v) is 59.0.